The number of hydrogen-bond donors (Lipinski definition) is 3. The minimum atomic E-state index is -4.86. The van der Waals surface area contributed by atoms with Gasteiger partial charge < -0.3 is 19.2 Å². The predicted octanol–water partition coefficient (Wildman–Crippen LogP) is -3.24. The van der Waals surface area contributed by atoms with E-state index in [0.717, 1.165) is 0 Å². The lowest BCUT2D eigenvalue weighted by atomic mass is 15.7. The second-order valence-corrected chi connectivity index (χ2v) is 1.72. The van der Waals surface area contributed by atoms with Gasteiger partial charge >= 0.3 is 9.05 Å². The number of hydrogen-bond acceptors (Lipinski definition) is 4. The average molecular weight is 95.1 g/mol. The van der Waals surface area contributed by atoms with E-state index in [9.17, 15) is 0 Å². The van der Waals surface area contributed by atoms with E-state index in [2.05, 4.69) is 0 Å². The molecule has 0 saturated heterocycles. The Morgan fingerprint density at radius 2 is 1.20 bits per heavy atom. The van der Waals surface area contributed by atoms with Crippen LogP contribution >= 0.6 is 0 Å². The molecule has 3 N–H and O–H groups in total. The van der Waals surface area contributed by atoms with E-state index in [0.29, 0.717) is 0 Å². The Morgan fingerprint density at radius 3 is 1.20 bits per heavy atom. The van der Waals surface area contributed by atoms with Crippen LogP contribution in [0.25, 0.3) is 0 Å². The summed E-state index contributed by atoms with van der Waals surface area (Å²) in [6.45, 7) is 0. The van der Waals surface area contributed by atoms with Crippen LogP contribution in [0.5, 0.6) is 0 Å². The summed E-state index contributed by atoms with van der Waals surface area (Å²) in [6.07, 6.45) is 0. The molecule has 0 aromatic carbocycles. The van der Waals surface area contributed by atoms with Gasteiger partial charge in [-0.25, -0.2) is 0 Å². The van der Waals surface area contributed by atoms with Crippen LogP contribution in [0.1, 0.15) is 0 Å². The summed E-state index contributed by atoms with van der Waals surface area (Å²) < 4.78 is 0. The van der Waals surface area contributed by atoms with Crippen LogP contribution in [0.3, 0.4) is 0 Å². The molecule has 5 heteroatoms. The van der Waals surface area contributed by atoms with Crippen LogP contribution in [-0.4, -0.2) is 23.4 Å². The standard InChI is InChI=1S/H3O4Si/c1-5(2,3)4/h1-3H/q-1. The van der Waals surface area contributed by atoms with Gasteiger partial charge in [0, 0.05) is 0 Å². The third-order valence-corrected chi connectivity index (χ3v) is 0. The van der Waals surface area contributed by atoms with Crippen molar-refractivity contribution in [1.82, 2.24) is 0 Å². The molecule has 0 aromatic heterocycles. The molecule has 0 amide bonds. The molecule has 0 atom stereocenters. The summed E-state index contributed by atoms with van der Waals surface area (Å²) in [6, 6.07) is 0. The SMILES string of the molecule is [O-][Si](O)(O)O. The Morgan fingerprint density at radius 1 is 1.20 bits per heavy atom. The van der Waals surface area contributed by atoms with Crippen molar-refractivity contribution >= 4 is 9.05 Å². The van der Waals surface area contributed by atoms with Gasteiger partial charge in [-0.15, -0.1) is 0 Å². The summed E-state index contributed by atoms with van der Waals surface area (Å²) in [5.74, 6) is 0. The van der Waals surface area contributed by atoms with E-state index in [4.69, 9.17) is 19.2 Å². The maximum Gasteiger partial charge on any atom is 0.404 e. The Hall–Kier alpha value is 0.0569. The molecule has 0 unspecified atom stereocenters. The van der Waals surface area contributed by atoms with Gasteiger partial charge in [0.1, 0.15) is 0 Å². The fraction of sp³-hybridized carbons (Fsp3) is 0. The van der Waals surface area contributed by atoms with Gasteiger partial charge in [0.15, 0.2) is 0 Å². The summed E-state index contributed by atoms with van der Waals surface area (Å²) in [5, 5.41) is 0. The van der Waals surface area contributed by atoms with Crippen LogP contribution < -0.4 is 4.80 Å². The predicted molar refractivity (Wildman–Crippen MR) is 12.4 cm³/mol. The van der Waals surface area contributed by atoms with E-state index in [1.807, 2.05) is 0 Å². The first-order valence-electron chi connectivity index (χ1n) is 0.875. The van der Waals surface area contributed by atoms with E-state index in [1.165, 1.54) is 0 Å². The molecule has 0 heterocycles. The average Bonchev–Trinajstić information content (AvgIpc) is 0.722. The lowest BCUT2D eigenvalue weighted by Crippen LogP contribution is -2.50. The molecular formula is H3O4Si-. The fourth-order valence-corrected chi connectivity index (χ4v) is 0. The molecule has 5 heavy (non-hydrogen) atoms. The molecule has 0 aliphatic rings. The normalized spacial score (nSPS) is 12.0. The molecule has 32 valence electrons. The first kappa shape index (κ1) is 5.06. The van der Waals surface area contributed by atoms with Crippen LogP contribution in [-0.2, 0) is 0 Å². The van der Waals surface area contributed by atoms with E-state index >= 15 is 0 Å². The Balaban J connectivity index is 3.02. The molecule has 0 fully saturated rings. The minimum Gasteiger partial charge on any atom is -0.794 e. The molecule has 0 aliphatic carbocycles. The van der Waals surface area contributed by atoms with Crippen molar-refractivity contribution in [2.75, 3.05) is 0 Å². The summed E-state index contributed by atoms with van der Waals surface area (Å²) in [5.41, 5.74) is 0. The van der Waals surface area contributed by atoms with E-state index < -0.39 is 9.05 Å². The van der Waals surface area contributed by atoms with Crippen molar-refractivity contribution in [1.29, 1.82) is 0 Å². The zero-order valence-electron chi connectivity index (χ0n) is 2.25. The first-order valence-corrected chi connectivity index (χ1v) is 2.62. The van der Waals surface area contributed by atoms with Crippen molar-refractivity contribution in [3.05, 3.63) is 0 Å². The zero-order chi connectivity index (χ0) is 4.50. The molecular weight excluding hydrogens is 92.1 g/mol. The lowest BCUT2D eigenvalue weighted by molar-refractivity contribution is -0.295. The third-order valence-electron chi connectivity index (χ3n) is 0. The monoisotopic (exact) mass is 95.0 g/mol. The smallest absolute Gasteiger partial charge is 0.404 e. The highest BCUT2D eigenvalue weighted by Gasteiger charge is 2.01. The van der Waals surface area contributed by atoms with Gasteiger partial charge in [0.25, 0.3) is 0 Å². The topological polar surface area (TPSA) is 83.8 Å². The molecule has 4 nitrogen and oxygen atoms in total. The molecule has 0 aromatic rings. The quantitative estimate of drug-likeness (QED) is 0.276. The summed E-state index contributed by atoms with van der Waals surface area (Å²) in [7, 11) is -4.86. The summed E-state index contributed by atoms with van der Waals surface area (Å²) in [4.78, 5) is 30.6. The summed E-state index contributed by atoms with van der Waals surface area (Å²) >= 11 is 0. The third kappa shape index (κ3) is 5300. The van der Waals surface area contributed by atoms with Gasteiger partial charge in [-0.1, -0.05) is 0 Å². The van der Waals surface area contributed by atoms with E-state index in [-0.39, 0.29) is 0 Å². The van der Waals surface area contributed by atoms with Gasteiger partial charge in [0.05, 0.1) is 0 Å². The Bertz CT molecular complexity index is 19.1. The van der Waals surface area contributed by atoms with E-state index in [1.54, 1.807) is 0 Å². The Kier molecular flexibility index (Phi) is 1.05. The molecule has 0 aliphatic heterocycles. The van der Waals surface area contributed by atoms with Crippen molar-refractivity contribution in [2.45, 2.75) is 0 Å². The molecule has 0 spiro atoms. The van der Waals surface area contributed by atoms with Crippen LogP contribution in [0.2, 0.25) is 0 Å². The van der Waals surface area contributed by atoms with Crippen LogP contribution in [0.4, 0.5) is 0 Å². The molecule has 0 bridgehead atoms. The highest BCUT2D eigenvalue weighted by molar-refractivity contribution is 6.44. The van der Waals surface area contributed by atoms with Gasteiger partial charge in [-0.3, -0.25) is 0 Å². The maximum atomic E-state index is 8.91. The lowest BCUT2D eigenvalue weighted by Gasteiger charge is -2.11. The highest BCUT2D eigenvalue weighted by Crippen LogP contribution is 1.58. The minimum absolute atomic E-state index is 4.86. The second-order valence-electron chi connectivity index (χ2n) is 0.574. The highest BCUT2D eigenvalue weighted by atomic mass is 28.4. The maximum absolute atomic E-state index is 8.91. The number of rotatable bonds is 0. The van der Waals surface area contributed by atoms with Crippen molar-refractivity contribution < 1.29 is 19.2 Å². The van der Waals surface area contributed by atoms with Crippen LogP contribution in [0.15, 0.2) is 0 Å². The molecule has 0 saturated carbocycles. The van der Waals surface area contributed by atoms with Gasteiger partial charge in [-0.2, -0.15) is 0 Å². The largest absolute Gasteiger partial charge is 0.794 e. The van der Waals surface area contributed by atoms with Crippen molar-refractivity contribution in [3.8, 4) is 0 Å². The molecule has 0 radical (unpaired) electrons. The molecule has 0 rings (SSSR count). The zero-order valence-corrected chi connectivity index (χ0v) is 3.25. The second kappa shape index (κ2) is 1.03. The van der Waals surface area contributed by atoms with Crippen molar-refractivity contribution in [3.63, 3.8) is 0 Å². The fourth-order valence-electron chi connectivity index (χ4n) is 0. The van der Waals surface area contributed by atoms with Gasteiger partial charge in [0.2, 0.25) is 0 Å². The first-order chi connectivity index (χ1) is 2.00. The van der Waals surface area contributed by atoms with Crippen molar-refractivity contribution in [2.24, 2.45) is 0 Å². The van der Waals surface area contributed by atoms with Crippen LogP contribution in [0, 0.1) is 0 Å². The Labute approximate surface area is 29.4 Å². The van der Waals surface area contributed by atoms with Gasteiger partial charge in [-0.05, 0) is 0 Å².